The smallest absolute Gasteiger partial charge is 0.138 e. The molecule has 0 aromatic heterocycles. The molecule has 1 saturated carbocycles. The lowest BCUT2D eigenvalue weighted by Gasteiger charge is -2.43. The Labute approximate surface area is 149 Å². The van der Waals surface area contributed by atoms with Crippen LogP contribution in [0.4, 0.5) is 5.69 Å². The number of carbonyl (C=O) groups is 1. The minimum absolute atomic E-state index is 0.109. The van der Waals surface area contributed by atoms with Crippen molar-refractivity contribution in [3.63, 3.8) is 0 Å². The van der Waals surface area contributed by atoms with Crippen LogP contribution < -0.4 is 9.64 Å². The molecular weight excluding hydrogens is 310 g/mol. The molecule has 0 bridgehead atoms. The molecule has 0 radical (unpaired) electrons. The second kappa shape index (κ2) is 6.91. The molecule has 2 aliphatic rings. The van der Waals surface area contributed by atoms with Gasteiger partial charge in [0.2, 0.25) is 0 Å². The lowest BCUT2D eigenvalue weighted by Crippen LogP contribution is -2.42. The minimum Gasteiger partial charge on any atom is -0.497 e. The Hall–Kier alpha value is -2.29. The Balaban J connectivity index is 1.75. The molecule has 3 nitrogen and oxygen atoms in total. The van der Waals surface area contributed by atoms with Gasteiger partial charge in [-0.15, -0.1) is 0 Å². The Kier molecular flexibility index (Phi) is 4.48. The van der Waals surface area contributed by atoms with Gasteiger partial charge < -0.3 is 9.64 Å². The van der Waals surface area contributed by atoms with Crippen LogP contribution in [0, 0.1) is 5.92 Å². The molecule has 1 heterocycles. The molecule has 0 unspecified atom stereocenters. The van der Waals surface area contributed by atoms with Crippen LogP contribution in [-0.4, -0.2) is 19.4 Å². The van der Waals surface area contributed by atoms with E-state index < -0.39 is 0 Å². The Morgan fingerprint density at radius 1 is 1.00 bits per heavy atom. The maximum atomic E-state index is 12.7. The standard InChI is InChI=1S/C22H25NO2/c1-25-18-12-10-17(11-13-18)23-15-14-16-6-2-3-7-19(16)22(23)20-8-4-5-9-21(20)24/h2-3,6-7,10-13,20,22H,4-5,8-9,14-15H2,1H3/t20-,22+/m1/s1. The van der Waals surface area contributed by atoms with Crippen molar-refractivity contribution < 1.29 is 9.53 Å². The van der Waals surface area contributed by atoms with Crippen molar-refractivity contribution in [3.8, 4) is 5.75 Å². The van der Waals surface area contributed by atoms with Gasteiger partial charge in [0.1, 0.15) is 11.5 Å². The highest BCUT2D eigenvalue weighted by atomic mass is 16.5. The Morgan fingerprint density at radius 3 is 2.56 bits per heavy atom. The molecule has 1 aliphatic carbocycles. The van der Waals surface area contributed by atoms with E-state index in [0.29, 0.717) is 5.78 Å². The third-order valence-corrected chi connectivity index (χ3v) is 5.72. The van der Waals surface area contributed by atoms with Crippen molar-refractivity contribution in [1.82, 2.24) is 0 Å². The summed E-state index contributed by atoms with van der Waals surface area (Å²) in [6.45, 7) is 0.956. The number of hydrogen-bond acceptors (Lipinski definition) is 3. The van der Waals surface area contributed by atoms with Crippen LogP contribution in [0.3, 0.4) is 0 Å². The van der Waals surface area contributed by atoms with Crippen molar-refractivity contribution in [2.75, 3.05) is 18.6 Å². The van der Waals surface area contributed by atoms with Crippen LogP contribution in [0.5, 0.6) is 5.75 Å². The summed E-state index contributed by atoms with van der Waals surface area (Å²) < 4.78 is 5.30. The molecule has 2 aromatic rings. The highest BCUT2D eigenvalue weighted by Crippen LogP contribution is 2.42. The van der Waals surface area contributed by atoms with Gasteiger partial charge in [0, 0.05) is 24.6 Å². The fraction of sp³-hybridized carbons (Fsp3) is 0.409. The SMILES string of the molecule is COc1ccc(N2CCc3ccccc3[C@H]2[C@@H]2CCCCC2=O)cc1. The van der Waals surface area contributed by atoms with Gasteiger partial charge in [-0.1, -0.05) is 30.7 Å². The number of nitrogens with zero attached hydrogens (tertiary/aromatic N) is 1. The number of fused-ring (bicyclic) bond motifs is 1. The van der Waals surface area contributed by atoms with E-state index in [0.717, 1.165) is 44.4 Å². The number of hydrogen-bond donors (Lipinski definition) is 0. The van der Waals surface area contributed by atoms with E-state index in [1.165, 1.54) is 16.8 Å². The highest BCUT2D eigenvalue weighted by molar-refractivity contribution is 5.83. The summed E-state index contributed by atoms with van der Waals surface area (Å²) in [7, 11) is 1.69. The van der Waals surface area contributed by atoms with Crippen LogP contribution in [0.1, 0.15) is 42.9 Å². The molecule has 0 amide bonds. The monoisotopic (exact) mass is 335 g/mol. The first-order chi connectivity index (χ1) is 12.3. The van der Waals surface area contributed by atoms with Crippen LogP contribution >= 0.6 is 0 Å². The van der Waals surface area contributed by atoms with Gasteiger partial charge in [-0.2, -0.15) is 0 Å². The van der Waals surface area contributed by atoms with Gasteiger partial charge in [-0.25, -0.2) is 0 Å². The van der Waals surface area contributed by atoms with Crippen molar-refractivity contribution in [3.05, 3.63) is 59.7 Å². The first kappa shape index (κ1) is 16.2. The molecule has 0 saturated heterocycles. The van der Waals surface area contributed by atoms with Crippen LogP contribution in [0.15, 0.2) is 48.5 Å². The van der Waals surface area contributed by atoms with E-state index in [2.05, 4.69) is 41.3 Å². The molecule has 2 aromatic carbocycles. The second-order valence-corrected chi connectivity index (χ2v) is 7.10. The number of carbonyl (C=O) groups excluding carboxylic acids is 1. The number of Topliss-reactive ketones (excluding diaryl/α,β-unsaturated/α-hetero) is 1. The predicted molar refractivity (Wildman–Crippen MR) is 100 cm³/mol. The molecule has 3 heteroatoms. The summed E-state index contributed by atoms with van der Waals surface area (Å²) in [4.78, 5) is 15.2. The van der Waals surface area contributed by atoms with Gasteiger partial charge in [0.15, 0.2) is 0 Å². The summed E-state index contributed by atoms with van der Waals surface area (Å²) in [5, 5.41) is 0. The third kappa shape index (κ3) is 3.04. The first-order valence-electron chi connectivity index (χ1n) is 9.29. The molecule has 0 N–H and O–H groups in total. The molecule has 4 rings (SSSR count). The second-order valence-electron chi connectivity index (χ2n) is 7.10. The molecule has 25 heavy (non-hydrogen) atoms. The van der Waals surface area contributed by atoms with Gasteiger partial charge in [0.05, 0.1) is 13.2 Å². The summed E-state index contributed by atoms with van der Waals surface area (Å²) in [5.74, 6) is 1.41. The van der Waals surface area contributed by atoms with E-state index >= 15 is 0 Å². The van der Waals surface area contributed by atoms with Gasteiger partial charge >= 0.3 is 0 Å². The number of methoxy groups -OCH3 is 1. The maximum absolute atomic E-state index is 12.7. The van der Waals surface area contributed by atoms with Crippen LogP contribution in [-0.2, 0) is 11.2 Å². The number of benzene rings is 2. The number of ketones is 1. The van der Waals surface area contributed by atoms with E-state index in [4.69, 9.17) is 4.74 Å². The van der Waals surface area contributed by atoms with E-state index in [1.807, 2.05) is 12.1 Å². The zero-order chi connectivity index (χ0) is 17.2. The fourth-order valence-corrected chi connectivity index (χ4v) is 4.44. The summed E-state index contributed by atoms with van der Waals surface area (Å²) in [5.41, 5.74) is 3.92. The summed E-state index contributed by atoms with van der Waals surface area (Å²) >= 11 is 0. The van der Waals surface area contributed by atoms with Gasteiger partial charge in [0.25, 0.3) is 0 Å². The summed E-state index contributed by atoms with van der Waals surface area (Å²) in [6.07, 6.45) is 4.97. The molecule has 130 valence electrons. The maximum Gasteiger partial charge on any atom is 0.138 e. The quantitative estimate of drug-likeness (QED) is 0.823. The third-order valence-electron chi connectivity index (χ3n) is 5.72. The Bertz CT molecular complexity index is 753. The summed E-state index contributed by atoms with van der Waals surface area (Å²) in [6, 6.07) is 17.1. The van der Waals surface area contributed by atoms with Crippen molar-refractivity contribution >= 4 is 11.5 Å². The number of ether oxygens (including phenoxy) is 1. The Morgan fingerprint density at radius 2 is 1.80 bits per heavy atom. The minimum atomic E-state index is 0.109. The average molecular weight is 335 g/mol. The fourth-order valence-electron chi connectivity index (χ4n) is 4.44. The molecule has 1 fully saturated rings. The van der Waals surface area contributed by atoms with Crippen molar-refractivity contribution in [1.29, 1.82) is 0 Å². The zero-order valence-electron chi connectivity index (χ0n) is 14.8. The molecule has 0 spiro atoms. The van der Waals surface area contributed by atoms with Crippen LogP contribution in [0.2, 0.25) is 0 Å². The van der Waals surface area contributed by atoms with Gasteiger partial charge in [-0.05, 0) is 54.7 Å². The van der Waals surface area contributed by atoms with Gasteiger partial charge in [-0.3, -0.25) is 4.79 Å². The lowest BCUT2D eigenvalue weighted by atomic mass is 9.76. The van der Waals surface area contributed by atoms with Crippen LogP contribution in [0.25, 0.3) is 0 Å². The van der Waals surface area contributed by atoms with Crippen molar-refractivity contribution in [2.24, 2.45) is 5.92 Å². The molecular formula is C22H25NO2. The normalized spacial score (nSPS) is 23.2. The lowest BCUT2D eigenvalue weighted by molar-refractivity contribution is -0.125. The molecule has 1 aliphatic heterocycles. The average Bonchev–Trinajstić information content (AvgIpc) is 2.68. The predicted octanol–water partition coefficient (Wildman–Crippen LogP) is 4.56. The van der Waals surface area contributed by atoms with E-state index in [1.54, 1.807) is 7.11 Å². The number of rotatable bonds is 3. The van der Waals surface area contributed by atoms with E-state index in [9.17, 15) is 4.79 Å². The zero-order valence-corrected chi connectivity index (χ0v) is 14.8. The highest BCUT2D eigenvalue weighted by Gasteiger charge is 2.38. The first-order valence-corrected chi connectivity index (χ1v) is 9.29. The van der Waals surface area contributed by atoms with Crippen molar-refractivity contribution in [2.45, 2.75) is 38.1 Å². The number of anilines is 1. The van der Waals surface area contributed by atoms with E-state index in [-0.39, 0.29) is 12.0 Å². The topological polar surface area (TPSA) is 29.5 Å². The molecule has 2 atom stereocenters. The largest absolute Gasteiger partial charge is 0.497 e.